The third-order valence-electron chi connectivity index (χ3n) is 2.83. The summed E-state index contributed by atoms with van der Waals surface area (Å²) in [4.78, 5) is 13.7. The van der Waals surface area contributed by atoms with Crippen LogP contribution in [0, 0.1) is 11.3 Å². The van der Waals surface area contributed by atoms with Gasteiger partial charge in [-0.2, -0.15) is 5.26 Å². The molecule has 6 nitrogen and oxygen atoms in total. The Balaban J connectivity index is 2.79. The molecule has 1 rings (SSSR count). The van der Waals surface area contributed by atoms with E-state index in [1.807, 2.05) is 19.9 Å². The maximum absolute atomic E-state index is 12.2. The Morgan fingerprint density at radius 1 is 1.43 bits per heavy atom. The molecule has 0 aromatic heterocycles. The van der Waals surface area contributed by atoms with Crippen molar-refractivity contribution >= 4 is 21.6 Å². The van der Waals surface area contributed by atoms with Crippen molar-refractivity contribution in [1.29, 1.82) is 5.26 Å². The number of carbonyl (C=O) groups is 1. The molecule has 7 heteroatoms. The van der Waals surface area contributed by atoms with E-state index in [-0.39, 0.29) is 24.4 Å². The maximum Gasteiger partial charge on any atom is 0.322 e. The van der Waals surface area contributed by atoms with E-state index in [9.17, 15) is 13.2 Å². The molecule has 1 aromatic carbocycles. The summed E-state index contributed by atoms with van der Waals surface area (Å²) in [5.41, 5.74) is 0.948. The highest BCUT2D eigenvalue weighted by molar-refractivity contribution is 7.90. The van der Waals surface area contributed by atoms with Crippen LogP contribution in [-0.4, -0.2) is 43.9 Å². The molecule has 1 aromatic rings. The fourth-order valence-electron chi connectivity index (χ4n) is 1.72. The van der Waals surface area contributed by atoms with Crippen LogP contribution in [0.25, 0.3) is 0 Å². The second-order valence-electron chi connectivity index (χ2n) is 5.04. The molecule has 0 unspecified atom stereocenters. The van der Waals surface area contributed by atoms with E-state index in [0.717, 1.165) is 6.26 Å². The lowest BCUT2D eigenvalue weighted by molar-refractivity contribution is 0.201. The van der Waals surface area contributed by atoms with Gasteiger partial charge in [0.15, 0.2) is 0 Å². The van der Waals surface area contributed by atoms with E-state index >= 15 is 0 Å². The van der Waals surface area contributed by atoms with Gasteiger partial charge in [-0.3, -0.25) is 0 Å². The van der Waals surface area contributed by atoms with Crippen molar-refractivity contribution < 1.29 is 13.2 Å². The number of hydrogen-bond acceptors (Lipinski definition) is 4. The summed E-state index contributed by atoms with van der Waals surface area (Å²) < 4.78 is 22.5. The second kappa shape index (κ2) is 7.09. The second-order valence-corrected chi connectivity index (χ2v) is 7.30. The van der Waals surface area contributed by atoms with Gasteiger partial charge in [0.05, 0.1) is 17.4 Å². The standard InChI is InChI=1S/C14H19N3O3S/c1-11(2)17(7-8-21(3,19)20)14(18)16-13-6-4-5-12(9-13)10-15/h4-6,9,11H,7-8H2,1-3H3,(H,16,18). The molecule has 0 aliphatic carbocycles. The summed E-state index contributed by atoms with van der Waals surface area (Å²) in [5.74, 6) is -0.0865. The van der Waals surface area contributed by atoms with E-state index in [1.165, 1.54) is 4.90 Å². The van der Waals surface area contributed by atoms with Gasteiger partial charge < -0.3 is 10.2 Å². The number of nitriles is 1. The van der Waals surface area contributed by atoms with Gasteiger partial charge in [-0.05, 0) is 32.0 Å². The van der Waals surface area contributed by atoms with Gasteiger partial charge >= 0.3 is 6.03 Å². The minimum absolute atomic E-state index is 0.0865. The van der Waals surface area contributed by atoms with Gasteiger partial charge in [-0.15, -0.1) is 0 Å². The Morgan fingerprint density at radius 2 is 2.10 bits per heavy atom. The summed E-state index contributed by atoms with van der Waals surface area (Å²) in [6.45, 7) is 3.75. The number of nitrogens with zero attached hydrogens (tertiary/aromatic N) is 2. The number of hydrogen-bond donors (Lipinski definition) is 1. The number of carbonyl (C=O) groups excluding carboxylic acids is 1. The minimum atomic E-state index is -3.13. The summed E-state index contributed by atoms with van der Waals surface area (Å²) in [6, 6.07) is 8.02. The number of urea groups is 1. The predicted octanol–water partition coefficient (Wildman–Crippen LogP) is 1.85. The summed E-state index contributed by atoms with van der Waals surface area (Å²) in [6.07, 6.45) is 1.14. The summed E-state index contributed by atoms with van der Waals surface area (Å²) >= 11 is 0. The van der Waals surface area contributed by atoms with E-state index in [4.69, 9.17) is 5.26 Å². The molecule has 0 saturated heterocycles. The topological polar surface area (TPSA) is 90.3 Å². The minimum Gasteiger partial charge on any atom is -0.321 e. The highest BCUT2D eigenvalue weighted by Gasteiger charge is 2.18. The number of benzene rings is 1. The molecule has 0 aliphatic rings. The summed E-state index contributed by atoms with van der Waals surface area (Å²) in [5, 5.41) is 11.5. The number of rotatable bonds is 5. The molecule has 0 aliphatic heterocycles. The molecular weight excluding hydrogens is 290 g/mol. The molecule has 114 valence electrons. The van der Waals surface area contributed by atoms with Crippen LogP contribution in [0.15, 0.2) is 24.3 Å². The molecular formula is C14H19N3O3S. The van der Waals surface area contributed by atoms with E-state index in [0.29, 0.717) is 11.3 Å². The normalized spacial score (nSPS) is 11.0. The van der Waals surface area contributed by atoms with E-state index in [2.05, 4.69) is 5.32 Å². The molecule has 0 heterocycles. The Labute approximate surface area is 125 Å². The zero-order valence-corrected chi connectivity index (χ0v) is 13.1. The van der Waals surface area contributed by atoms with Crippen molar-refractivity contribution in [2.45, 2.75) is 19.9 Å². The molecule has 0 spiro atoms. The Hall–Kier alpha value is -2.07. The molecule has 1 N–H and O–H groups in total. The van der Waals surface area contributed by atoms with Crippen molar-refractivity contribution in [2.75, 3.05) is 23.9 Å². The van der Waals surface area contributed by atoms with Crippen LogP contribution in [0.2, 0.25) is 0 Å². The molecule has 21 heavy (non-hydrogen) atoms. The first-order chi connectivity index (χ1) is 9.73. The maximum atomic E-state index is 12.2. The van der Waals surface area contributed by atoms with Crippen LogP contribution in [0.5, 0.6) is 0 Å². The molecule has 0 saturated carbocycles. The van der Waals surface area contributed by atoms with Gasteiger partial charge in [-0.25, -0.2) is 13.2 Å². The third kappa shape index (κ3) is 5.83. The van der Waals surface area contributed by atoms with Crippen LogP contribution in [0.4, 0.5) is 10.5 Å². The first-order valence-corrected chi connectivity index (χ1v) is 8.54. The fraction of sp³-hybridized carbons (Fsp3) is 0.429. The molecule has 0 fully saturated rings. The third-order valence-corrected chi connectivity index (χ3v) is 3.75. The van der Waals surface area contributed by atoms with E-state index < -0.39 is 9.84 Å². The van der Waals surface area contributed by atoms with Crippen molar-refractivity contribution in [3.63, 3.8) is 0 Å². The van der Waals surface area contributed by atoms with Crippen molar-refractivity contribution in [1.82, 2.24) is 4.90 Å². The zero-order valence-electron chi connectivity index (χ0n) is 12.3. The smallest absolute Gasteiger partial charge is 0.321 e. The average molecular weight is 309 g/mol. The quantitative estimate of drug-likeness (QED) is 0.898. The molecule has 0 radical (unpaired) electrons. The van der Waals surface area contributed by atoms with Crippen molar-refractivity contribution in [3.8, 4) is 6.07 Å². The Morgan fingerprint density at radius 3 is 2.62 bits per heavy atom. The molecule has 0 atom stereocenters. The average Bonchev–Trinajstić information content (AvgIpc) is 2.37. The van der Waals surface area contributed by atoms with E-state index in [1.54, 1.807) is 24.3 Å². The highest BCUT2D eigenvalue weighted by Crippen LogP contribution is 2.11. The monoisotopic (exact) mass is 309 g/mol. The zero-order chi connectivity index (χ0) is 16.0. The Bertz CT molecular complexity index is 648. The van der Waals surface area contributed by atoms with Gasteiger partial charge in [0.2, 0.25) is 0 Å². The highest BCUT2D eigenvalue weighted by atomic mass is 32.2. The molecule has 2 amide bonds. The number of anilines is 1. The van der Waals surface area contributed by atoms with Crippen LogP contribution in [0.3, 0.4) is 0 Å². The Kier molecular flexibility index (Phi) is 5.73. The first-order valence-electron chi connectivity index (χ1n) is 6.48. The fourth-order valence-corrected chi connectivity index (χ4v) is 2.25. The molecule has 0 bridgehead atoms. The largest absolute Gasteiger partial charge is 0.322 e. The lowest BCUT2D eigenvalue weighted by Crippen LogP contribution is -2.42. The van der Waals surface area contributed by atoms with Crippen molar-refractivity contribution in [2.24, 2.45) is 0 Å². The number of amides is 2. The van der Waals surface area contributed by atoms with Gasteiger partial charge in [0, 0.05) is 24.5 Å². The summed E-state index contributed by atoms with van der Waals surface area (Å²) in [7, 11) is -3.13. The SMILES string of the molecule is CC(C)N(CCS(C)(=O)=O)C(=O)Nc1cccc(C#N)c1. The number of nitrogens with one attached hydrogen (secondary N) is 1. The van der Waals surface area contributed by atoms with Gasteiger partial charge in [0.25, 0.3) is 0 Å². The van der Waals surface area contributed by atoms with Gasteiger partial charge in [0.1, 0.15) is 9.84 Å². The van der Waals surface area contributed by atoms with Crippen LogP contribution < -0.4 is 5.32 Å². The first kappa shape index (κ1) is 17.0. The lowest BCUT2D eigenvalue weighted by atomic mass is 10.2. The lowest BCUT2D eigenvalue weighted by Gasteiger charge is -2.26. The predicted molar refractivity (Wildman–Crippen MR) is 81.7 cm³/mol. The van der Waals surface area contributed by atoms with Crippen LogP contribution >= 0.6 is 0 Å². The van der Waals surface area contributed by atoms with Crippen LogP contribution in [0.1, 0.15) is 19.4 Å². The van der Waals surface area contributed by atoms with Crippen LogP contribution in [-0.2, 0) is 9.84 Å². The van der Waals surface area contributed by atoms with Crippen molar-refractivity contribution in [3.05, 3.63) is 29.8 Å². The van der Waals surface area contributed by atoms with Gasteiger partial charge in [-0.1, -0.05) is 6.07 Å². The number of sulfone groups is 1.